The van der Waals surface area contributed by atoms with Crippen molar-refractivity contribution in [2.45, 2.75) is 33.9 Å². The van der Waals surface area contributed by atoms with Crippen LogP contribution in [0.2, 0.25) is 0 Å². The third-order valence-corrected chi connectivity index (χ3v) is 4.33. The molecule has 1 aromatic carbocycles. The predicted molar refractivity (Wildman–Crippen MR) is 115 cm³/mol. The topological polar surface area (TPSA) is 85.6 Å². The molecular weight excluding hydrogens is 368 g/mol. The molecule has 158 valence electrons. The average molecular weight is 401 g/mol. The van der Waals surface area contributed by atoms with E-state index < -0.39 is 0 Å². The maximum atomic E-state index is 5.91. The molecule has 29 heavy (non-hydrogen) atoms. The van der Waals surface area contributed by atoms with Gasteiger partial charge in [-0.05, 0) is 32.4 Å². The SMILES string of the molecule is C=CCNC(=NCc1ccc(C)cc1OCCOCC)NCc1nnc(C)n1C. The maximum absolute atomic E-state index is 5.91. The van der Waals surface area contributed by atoms with Gasteiger partial charge >= 0.3 is 0 Å². The second-order valence-electron chi connectivity index (χ2n) is 6.57. The lowest BCUT2D eigenvalue weighted by Crippen LogP contribution is -2.37. The number of nitrogens with one attached hydrogen (secondary N) is 2. The van der Waals surface area contributed by atoms with Crippen LogP contribution < -0.4 is 15.4 Å². The highest BCUT2D eigenvalue weighted by atomic mass is 16.5. The molecule has 8 nitrogen and oxygen atoms in total. The second-order valence-corrected chi connectivity index (χ2v) is 6.57. The maximum Gasteiger partial charge on any atom is 0.192 e. The Bertz CT molecular complexity index is 815. The summed E-state index contributed by atoms with van der Waals surface area (Å²) in [6.07, 6.45) is 1.79. The van der Waals surface area contributed by atoms with Crippen LogP contribution >= 0.6 is 0 Å². The molecule has 0 saturated carbocycles. The Hall–Kier alpha value is -2.87. The van der Waals surface area contributed by atoms with Gasteiger partial charge in [0, 0.05) is 25.8 Å². The van der Waals surface area contributed by atoms with E-state index in [-0.39, 0.29) is 0 Å². The minimum absolute atomic E-state index is 0.481. The number of aliphatic imine (C=N–C) groups is 1. The standard InChI is InChI=1S/C21H32N6O2/c1-6-10-22-21(24-15-20-26-25-17(4)27(20)5)23-14-18-9-8-16(3)13-19(18)29-12-11-28-7-2/h6,8-9,13H,1,7,10-12,14-15H2,2-5H3,(H2,22,23,24). The summed E-state index contributed by atoms with van der Waals surface area (Å²) < 4.78 is 13.2. The van der Waals surface area contributed by atoms with Gasteiger partial charge in [-0.15, -0.1) is 16.8 Å². The Kier molecular flexibility index (Phi) is 9.17. The van der Waals surface area contributed by atoms with Crippen molar-refractivity contribution < 1.29 is 9.47 Å². The first-order valence-corrected chi connectivity index (χ1v) is 9.83. The largest absolute Gasteiger partial charge is 0.491 e. The van der Waals surface area contributed by atoms with Crippen molar-refractivity contribution in [3.05, 3.63) is 53.6 Å². The van der Waals surface area contributed by atoms with Gasteiger partial charge in [-0.2, -0.15) is 0 Å². The molecule has 0 amide bonds. The van der Waals surface area contributed by atoms with Gasteiger partial charge in [0.05, 0.1) is 19.7 Å². The first-order valence-electron chi connectivity index (χ1n) is 9.83. The molecule has 0 aliphatic carbocycles. The van der Waals surface area contributed by atoms with Gasteiger partial charge in [0.2, 0.25) is 0 Å². The van der Waals surface area contributed by atoms with Crippen LogP contribution in [0.4, 0.5) is 0 Å². The van der Waals surface area contributed by atoms with Crippen LogP contribution in [0.25, 0.3) is 0 Å². The summed E-state index contributed by atoms with van der Waals surface area (Å²) >= 11 is 0. The van der Waals surface area contributed by atoms with Crippen LogP contribution in [-0.4, -0.2) is 47.1 Å². The summed E-state index contributed by atoms with van der Waals surface area (Å²) in [5, 5.41) is 14.8. The number of ether oxygens (including phenoxy) is 2. The van der Waals surface area contributed by atoms with Crippen LogP contribution in [0.15, 0.2) is 35.8 Å². The summed E-state index contributed by atoms with van der Waals surface area (Å²) in [7, 11) is 1.94. The molecule has 0 aliphatic rings. The number of hydrogen-bond acceptors (Lipinski definition) is 5. The molecular formula is C21H32N6O2. The number of benzene rings is 1. The summed E-state index contributed by atoms with van der Waals surface area (Å²) in [6.45, 7) is 13.1. The first kappa shape index (κ1) is 22.4. The highest BCUT2D eigenvalue weighted by Gasteiger charge is 2.08. The minimum atomic E-state index is 0.481. The minimum Gasteiger partial charge on any atom is -0.491 e. The number of rotatable bonds is 11. The van der Waals surface area contributed by atoms with E-state index in [1.54, 1.807) is 6.08 Å². The fraction of sp³-hybridized carbons (Fsp3) is 0.476. The average Bonchev–Trinajstić information content (AvgIpc) is 3.04. The Labute approximate surface area is 173 Å². The second kappa shape index (κ2) is 11.9. The van der Waals surface area contributed by atoms with Crippen molar-refractivity contribution in [2.75, 3.05) is 26.4 Å². The van der Waals surface area contributed by atoms with Gasteiger partial charge in [-0.3, -0.25) is 0 Å². The molecule has 0 spiro atoms. The number of guanidine groups is 1. The van der Waals surface area contributed by atoms with Crippen LogP contribution in [0.1, 0.15) is 29.7 Å². The number of aryl methyl sites for hydroxylation is 2. The third-order valence-electron chi connectivity index (χ3n) is 4.33. The van der Waals surface area contributed by atoms with Crippen LogP contribution in [0.5, 0.6) is 5.75 Å². The van der Waals surface area contributed by atoms with Crippen molar-refractivity contribution in [3.63, 3.8) is 0 Å². The van der Waals surface area contributed by atoms with Crippen LogP contribution in [-0.2, 0) is 24.9 Å². The monoisotopic (exact) mass is 400 g/mol. The lowest BCUT2D eigenvalue weighted by Gasteiger charge is -2.14. The fourth-order valence-electron chi connectivity index (χ4n) is 2.56. The number of hydrogen-bond donors (Lipinski definition) is 2. The third kappa shape index (κ3) is 7.23. The highest BCUT2D eigenvalue weighted by molar-refractivity contribution is 5.79. The van der Waals surface area contributed by atoms with E-state index in [4.69, 9.17) is 14.5 Å². The summed E-state index contributed by atoms with van der Waals surface area (Å²) in [6, 6.07) is 6.14. The van der Waals surface area contributed by atoms with Crippen molar-refractivity contribution in [1.82, 2.24) is 25.4 Å². The Morgan fingerprint density at radius 1 is 1.24 bits per heavy atom. The van der Waals surface area contributed by atoms with Gasteiger partial charge in [-0.25, -0.2) is 4.99 Å². The Morgan fingerprint density at radius 3 is 2.76 bits per heavy atom. The van der Waals surface area contributed by atoms with E-state index in [0.29, 0.717) is 45.4 Å². The molecule has 2 aromatic rings. The number of nitrogens with zero attached hydrogens (tertiary/aromatic N) is 4. The lowest BCUT2D eigenvalue weighted by molar-refractivity contribution is 0.110. The van der Waals surface area contributed by atoms with Gasteiger partial charge in [0.15, 0.2) is 11.8 Å². The first-order chi connectivity index (χ1) is 14.0. The van der Waals surface area contributed by atoms with Crippen LogP contribution in [0, 0.1) is 13.8 Å². The molecule has 0 unspecified atom stereocenters. The lowest BCUT2D eigenvalue weighted by atomic mass is 10.1. The fourth-order valence-corrected chi connectivity index (χ4v) is 2.56. The zero-order chi connectivity index (χ0) is 21.1. The molecule has 0 bridgehead atoms. The smallest absolute Gasteiger partial charge is 0.192 e. The van der Waals surface area contributed by atoms with Crippen molar-refractivity contribution in [2.24, 2.45) is 12.0 Å². The zero-order valence-corrected chi connectivity index (χ0v) is 17.9. The van der Waals surface area contributed by atoms with Crippen LogP contribution in [0.3, 0.4) is 0 Å². The molecule has 1 aromatic heterocycles. The molecule has 0 fully saturated rings. The van der Waals surface area contributed by atoms with Gasteiger partial charge in [-0.1, -0.05) is 18.2 Å². The molecule has 0 atom stereocenters. The molecule has 8 heteroatoms. The normalized spacial score (nSPS) is 11.4. The van der Waals surface area contributed by atoms with Crippen molar-refractivity contribution in [1.29, 1.82) is 0 Å². The van der Waals surface area contributed by atoms with Gasteiger partial charge in [0.1, 0.15) is 18.2 Å². The summed E-state index contributed by atoms with van der Waals surface area (Å²) in [5.41, 5.74) is 2.16. The van der Waals surface area contributed by atoms with E-state index in [9.17, 15) is 0 Å². The highest BCUT2D eigenvalue weighted by Crippen LogP contribution is 2.21. The quantitative estimate of drug-likeness (QED) is 0.260. The number of aromatic nitrogens is 3. The molecule has 2 N–H and O–H groups in total. The van der Waals surface area contributed by atoms with E-state index >= 15 is 0 Å². The predicted octanol–water partition coefficient (Wildman–Crippen LogP) is 2.27. The molecule has 1 heterocycles. The van der Waals surface area contributed by atoms with Gasteiger partial charge < -0.3 is 24.7 Å². The molecule has 2 rings (SSSR count). The Morgan fingerprint density at radius 2 is 2.07 bits per heavy atom. The van der Waals surface area contributed by atoms with Gasteiger partial charge in [0.25, 0.3) is 0 Å². The van der Waals surface area contributed by atoms with E-state index in [1.165, 1.54) is 0 Å². The zero-order valence-electron chi connectivity index (χ0n) is 17.9. The van der Waals surface area contributed by atoms with E-state index in [1.807, 2.05) is 44.5 Å². The van der Waals surface area contributed by atoms with Crippen molar-refractivity contribution in [3.8, 4) is 5.75 Å². The molecule has 0 aliphatic heterocycles. The molecule has 0 saturated heterocycles. The summed E-state index contributed by atoms with van der Waals surface area (Å²) in [4.78, 5) is 4.70. The van der Waals surface area contributed by atoms with Crippen molar-refractivity contribution >= 4 is 5.96 Å². The van der Waals surface area contributed by atoms with E-state index in [0.717, 1.165) is 28.5 Å². The molecule has 0 radical (unpaired) electrons. The van der Waals surface area contributed by atoms with E-state index in [2.05, 4.69) is 33.5 Å². The summed E-state index contributed by atoms with van der Waals surface area (Å²) in [5.74, 6) is 3.21. The Balaban J connectivity index is 2.06.